The molecule has 0 N–H and O–H groups in total. The van der Waals surface area contributed by atoms with Crippen LogP contribution in [0.2, 0.25) is 0 Å². The normalized spacial score (nSPS) is 17.4. The minimum atomic E-state index is -0.123. The van der Waals surface area contributed by atoms with Crippen LogP contribution in [0.15, 0.2) is 42.9 Å². The van der Waals surface area contributed by atoms with Crippen LogP contribution in [-0.4, -0.2) is 45.4 Å². The van der Waals surface area contributed by atoms with Crippen LogP contribution in [-0.2, 0) is 9.53 Å². The predicted octanol–water partition coefficient (Wildman–Crippen LogP) is 2.60. The molecule has 0 spiro atoms. The van der Waals surface area contributed by atoms with Crippen LogP contribution in [0.25, 0.3) is 16.7 Å². The van der Waals surface area contributed by atoms with Crippen molar-refractivity contribution < 1.29 is 9.53 Å². The maximum Gasteiger partial charge on any atom is 0.310 e. The molecule has 0 aliphatic carbocycles. The van der Waals surface area contributed by atoms with E-state index >= 15 is 0 Å². The Morgan fingerprint density at radius 1 is 1.27 bits per heavy atom. The van der Waals surface area contributed by atoms with Crippen molar-refractivity contribution in [2.45, 2.75) is 19.8 Å². The van der Waals surface area contributed by atoms with E-state index in [1.165, 1.54) is 0 Å². The first-order valence-corrected chi connectivity index (χ1v) is 8.93. The van der Waals surface area contributed by atoms with Crippen LogP contribution in [0.4, 0.5) is 5.82 Å². The number of anilines is 1. The lowest BCUT2D eigenvalue weighted by Gasteiger charge is -2.32. The number of fused-ring (bicyclic) bond motifs is 1. The molecule has 1 aromatic carbocycles. The predicted molar refractivity (Wildman–Crippen MR) is 98.2 cm³/mol. The van der Waals surface area contributed by atoms with Crippen molar-refractivity contribution >= 4 is 22.8 Å². The standard InChI is InChI=1S/C19H21N5O2/c1-2-26-19(25)14-7-6-10-23(12-14)17-16-11-22-24(18(16)21-13-20-17)15-8-4-3-5-9-15/h3-5,8-9,11,13-14H,2,6-7,10,12H2,1H3/t14-/m1/s1. The fourth-order valence-corrected chi connectivity index (χ4v) is 3.46. The summed E-state index contributed by atoms with van der Waals surface area (Å²) in [5.41, 5.74) is 1.72. The summed E-state index contributed by atoms with van der Waals surface area (Å²) < 4.78 is 7.01. The fourth-order valence-electron chi connectivity index (χ4n) is 3.46. The quantitative estimate of drug-likeness (QED) is 0.673. The number of esters is 1. The second kappa shape index (κ2) is 7.11. The lowest BCUT2D eigenvalue weighted by molar-refractivity contribution is -0.148. The van der Waals surface area contributed by atoms with Gasteiger partial charge in [0.25, 0.3) is 0 Å². The highest BCUT2D eigenvalue weighted by molar-refractivity contribution is 5.88. The molecule has 4 rings (SSSR count). The SMILES string of the molecule is CCOC(=O)[C@@H]1CCCN(c2ncnc3c2cnn3-c2ccccc2)C1. The Labute approximate surface area is 151 Å². The average molecular weight is 351 g/mol. The number of carbonyl (C=O) groups is 1. The Hall–Kier alpha value is -2.96. The van der Waals surface area contributed by atoms with Crippen molar-refractivity contribution in [2.24, 2.45) is 5.92 Å². The van der Waals surface area contributed by atoms with Crippen molar-refractivity contribution in [1.29, 1.82) is 0 Å². The zero-order valence-corrected chi connectivity index (χ0v) is 14.7. The molecule has 3 heterocycles. The molecule has 0 bridgehead atoms. The van der Waals surface area contributed by atoms with Crippen molar-refractivity contribution in [2.75, 3.05) is 24.6 Å². The maximum absolute atomic E-state index is 12.1. The Kier molecular flexibility index (Phi) is 4.51. The Morgan fingerprint density at radius 2 is 2.12 bits per heavy atom. The van der Waals surface area contributed by atoms with Gasteiger partial charge in [0.1, 0.15) is 12.1 Å². The summed E-state index contributed by atoms with van der Waals surface area (Å²) in [4.78, 5) is 23.2. The van der Waals surface area contributed by atoms with Gasteiger partial charge < -0.3 is 9.64 Å². The first kappa shape index (κ1) is 16.5. The molecule has 0 unspecified atom stereocenters. The topological polar surface area (TPSA) is 73.1 Å². The third-order valence-corrected chi connectivity index (χ3v) is 4.69. The summed E-state index contributed by atoms with van der Waals surface area (Å²) >= 11 is 0. The highest BCUT2D eigenvalue weighted by Gasteiger charge is 2.28. The molecule has 1 saturated heterocycles. The molecule has 134 valence electrons. The number of hydrogen-bond donors (Lipinski definition) is 0. The smallest absolute Gasteiger partial charge is 0.310 e. The van der Waals surface area contributed by atoms with Gasteiger partial charge in [-0.2, -0.15) is 5.10 Å². The van der Waals surface area contributed by atoms with Gasteiger partial charge >= 0.3 is 5.97 Å². The molecule has 1 fully saturated rings. The third-order valence-electron chi connectivity index (χ3n) is 4.69. The minimum absolute atomic E-state index is 0.113. The fraction of sp³-hybridized carbons (Fsp3) is 0.368. The van der Waals surface area contributed by atoms with Crippen LogP contribution in [0.3, 0.4) is 0 Å². The molecule has 26 heavy (non-hydrogen) atoms. The Bertz CT molecular complexity index is 909. The van der Waals surface area contributed by atoms with Crippen LogP contribution in [0.1, 0.15) is 19.8 Å². The first-order valence-electron chi connectivity index (χ1n) is 8.93. The minimum Gasteiger partial charge on any atom is -0.466 e. The van der Waals surface area contributed by atoms with E-state index in [0.29, 0.717) is 13.2 Å². The monoisotopic (exact) mass is 351 g/mol. The summed E-state index contributed by atoms with van der Waals surface area (Å²) in [5.74, 6) is 0.589. The number of piperidine rings is 1. The van der Waals surface area contributed by atoms with E-state index in [-0.39, 0.29) is 11.9 Å². The molecular formula is C19H21N5O2. The molecule has 2 aromatic heterocycles. The van der Waals surface area contributed by atoms with Crippen molar-refractivity contribution in [3.05, 3.63) is 42.9 Å². The molecule has 0 saturated carbocycles. The van der Waals surface area contributed by atoms with E-state index in [1.807, 2.05) is 41.9 Å². The average Bonchev–Trinajstić information content (AvgIpc) is 3.13. The zero-order valence-electron chi connectivity index (χ0n) is 14.7. The second-order valence-corrected chi connectivity index (χ2v) is 6.36. The van der Waals surface area contributed by atoms with Gasteiger partial charge in [0.15, 0.2) is 5.65 Å². The van der Waals surface area contributed by atoms with E-state index < -0.39 is 0 Å². The number of benzene rings is 1. The van der Waals surface area contributed by atoms with E-state index in [2.05, 4.69) is 20.0 Å². The highest BCUT2D eigenvalue weighted by atomic mass is 16.5. The summed E-state index contributed by atoms with van der Waals surface area (Å²) in [6.45, 7) is 3.72. The Balaban J connectivity index is 1.67. The van der Waals surface area contributed by atoms with Crippen LogP contribution in [0, 0.1) is 5.92 Å². The number of hydrogen-bond acceptors (Lipinski definition) is 6. The van der Waals surface area contributed by atoms with E-state index in [0.717, 1.165) is 41.9 Å². The molecule has 1 aliphatic heterocycles. The molecule has 3 aromatic rings. The number of nitrogens with zero attached hydrogens (tertiary/aromatic N) is 5. The van der Waals surface area contributed by atoms with E-state index in [4.69, 9.17) is 4.74 Å². The van der Waals surface area contributed by atoms with Gasteiger partial charge in [-0.25, -0.2) is 14.6 Å². The van der Waals surface area contributed by atoms with Crippen LogP contribution in [0.5, 0.6) is 0 Å². The lowest BCUT2D eigenvalue weighted by atomic mass is 9.98. The van der Waals surface area contributed by atoms with Gasteiger partial charge in [-0.05, 0) is 31.9 Å². The van der Waals surface area contributed by atoms with Gasteiger partial charge in [0, 0.05) is 13.1 Å². The van der Waals surface area contributed by atoms with Gasteiger partial charge in [0.2, 0.25) is 0 Å². The van der Waals surface area contributed by atoms with Gasteiger partial charge in [-0.1, -0.05) is 18.2 Å². The molecule has 0 radical (unpaired) electrons. The summed E-state index contributed by atoms with van der Waals surface area (Å²) in [5, 5.41) is 5.39. The zero-order chi connectivity index (χ0) is 17.9. The molecule has 1 atom stereocenters. The van der Waals surface area contributed by atoms with Crippen LogP contribution < -0.4 is 4.90 Å². The number of rotatable bonds is 4. The lowest BCUT2D eigenvalue weighted by Crippen LogP contribution is -2.40. The van der Waals surface area contributed by atoms with Crippen molar-refractivity contribution in [1.82, 2.24) is 19.7 Å². The van der Waals surface area contributed by atoms with E-state index in [1.54, 1.807) is 12.5 Å². The van der Waals surface area contributed by atoms with Gasteiger partial charge in [0.05, 0.1) is 29.8 Å². The van der Waals surface area contributed by atoms with Gasteiger partial charge in [-0.3, -0.25) is 4.79 Å². The molecule has 7 nitrogen and oxygen atoms in total. The summed E-state index contributed by atoms with van der Waals surface area (Å²) in [7, 11) is 0. The molecule has 1 aliphatic rings. The number of aromatic nitrogens is 4. The number of para-hydroxylation sites is 1. The Morgan fingerprint density at radius 3 is 2.92 bits per heavy atom. The molecule has 7 heteroatoms. The number of ether oxygens (including phenoxy) is 1. The molecular weight excluding hydrogens is 330 g/mol. The third kappa shape index (κ3) is 3.00. The maximum atomic E-state index is 12.1. The van der Waals surface area contributed by atoms with Crippen LogP contribution >= 0.6 is 0 Å². The number of carbonyl (C=O) groups excluding carboxylic acids is 1. The molecule has 0 amide bonds. The van der Waals surface area contributed by atoms with Crippen molar-refractivity contribution in [3.8, 4) is 5.69 Å². The summed E-state index contributed by atoms with van der Waals surface area (Å²) in [6, 6.07) is 9.90. The van der Waals surface area contributed by atoms with Crippen molar-refractivity contribution in [3.63, 3.8) is 0 Å². The van der Waals surface area contributed by atoms with Gasteiger partial charge in [-0.15, -0.1) is 0 Å². The highest BCUT2D eigenvalue weighted by Crippen LogP contribution is 2.28. The largest absolute Gasteiger partial charge is 0.466 e. The summed E-state index contributed by atoms with van der Waals surface area (Å²) in [6.07, 6.45) is 5.15. The second-order valence-electron chi connectivity index (χ2n) is 6.36. The van der Waals surface area contributed by atoms with E-state index in [9.17, 15) is 4.79 Å². The first-order chi connectivity index (χ1) is 12.8.